The average Bonchev–Trinajstić information content (AvgIpc) is 2.99. The Morgan fingerprint density at radius 2 is 1.45 bits per heavy atom. The molecule has 0 amide bonds. The lowest BCUT2D eigenvalue weighted by Crippen LogP contribution is -2.30. The molecule has 0 atom stereocenters. The van der Waals surface area contributed by atoms with Gasteiger partial charge in [0.2, 0.25) is 5.69 Å². The maximum atomic E-state index is 2.36. The Kier molecular flexibility index (Phi) is 4.02. The van der Waals surface area contributed by atoms with Gasteiger partial charge in [-0.25, -0.2) is 4.57 Å². The number of hydrogen-bond donors (Lipinski definition) is 0. The Labute approximate surface area is 171 Å². The molecule has 0 bridgehead atoms. The van der Waals surface area contributed by atoms with E-state index in [1.807, 2.05) is 0 Å². The number of pyridine rings is 1. The van der Waals surface area contributed by atoms with Crippen LogP contribution in [0.2, 0.25) is 0 Å². The second-order valence-electron chi connectivity index (χ2n) is 7.89. The molecule has 2 heteroatoms. The van der Waals surface area contributed by atoms with Crippen LogP contribution >= 0.6 is 0 Å². The number of rotatable bonds is 2. The van der Waals surface area contributed by atoms with Gasteiger partial charge in [0.05, 0.1) is 11.3 Å². The van der Waals surface area contributed by atoms with Gasteiger partial charge in [0, 0.05) is 35.6 Å². The molecule has 2 heterocycles. The largest absolute Gasteiger partial charge is 0.343 e. The quantitative estimate of drug-likeness (QED) is 0.328. The fraction of sp³-hybridized carbons (Fsp3) is 0.148. The van der Waals surface area contributed by atoms with Crippen LogP contribution in [0.1, 0.15) is 11.1 Å². The van der Waals surface area contributed by atoms with Crippen LogP contribution in [0.3, 0.4) is 0 Å². The number of benzene rings is 3. The molecule has 0 saturated heterocycles. The van der Waals surface area contributed by atoms with Crippen molar-refractivity contribution >= 4 is 21.7 Å². The molecular weight excluding hydrogens is 352 g/mol. The van der Waals surface area contributed by atoms with Crippen molar-refractivity contribution in [2.24, 2.45) is 14.1 Å². The normalized spacial score (nSPS) is 11.4. The topological polar surface area (TPSA) is 8.81 Å². The third-order valence-corrected chi connectivity index (χ3v) is 6.24. The molecule has 0 unspecified atom stereocenters. The minimum Gasteiger partial charge on any atom is -0.343 e. The summed E-state index contributed by atoms with van der Waals surface area (Å²) in [6.45, 7) is 4.52. The number of aryl methyl sites for hydroxylation is 3. The fourth-order valence-electron chi connectivity index (χ4n) is 4.76. The van der Waals surface area contributed by atoms with Crippen molar-refractivity contribution in [3.05, 3.63) is 90.1 Å². The number of aromatic nitrogens is 2. The Hall–Kier alpha value is -3.39. The Bertz CT molecular complexity index is 1350. The molecule has 5 aromatic rings. The molecule has 2 nitrogen and oxygen atoms in total. The van der Waals surface area contributed by atoms with Gasteiger partial charge in [-0.2, -0.15) is 0 Å². The smallest absolute Gasteiger partial charge is 0.212 e. The number of hydrogen-bond acceptors (Lipinski definition) is 0. The highest BCUT2D eigenvalue weighted by Crippen LogP contribution is 2.41. The molecule has 0 saturated carbocycles. The summed E-state index contributed by atoms with van der Waals surface area (Å²) < 4.78 is 4.56. The fourth-order valence-corrected chi connectivity index (χ4v) is 4.76. The van der Waals surface area contributed by atoms with Crippen LogP contribution in [0.5, 0.6) is 0 Å². The van der Waals surface area contributed by atoms with Crippen LogP contribution in [0.15, 0.2) is 79.0 Å². The third kappa shape index (κ3) is 2.60. The zero-order chi connectivity index (χ0) is 20.1. The summed E-state index contributed by atoms with van der Waals surface area (Å²) in [6, 6.07) is 26.2. The molecule has 0 radical (unpaired) electrons. The summed E-state index contributed by atoms with van der Waals surface area (Å²) in [5, 5.41) is 3.90. The van der Waals surface area contributed by atoms with Crippen molar-refractivity contribution in [3.63, 3.8) is 0 Å². The van der Waals surface area contributed by atoms with Crippen LogP contribution in [0.4, 0.5) is 0 Å². The van der Waals surface area contributed by atoms with E-state index in [1.165, 1.54) is 55.3 Å². The van der Waals surface area contributed by atoms with Crippen molar-refractivity contribution in [3.8, 4) is 22.5 Å². The summed E-state index contributed by atoms with van der Waals surface area (Å²) in [5.41, 5.74) is 9.09. The molecule has 0 fully saturated rings. The van der Waals surface area contributed by atoms with Gasteiger partial charge in [0.25, 0.3) is 0 Å². The SMILES string of the molecule is Cc1c(-c2cccc[n+]2C)cc2ccccc2c1-c1c(C)c2ccccc2n1C. The predicted molar refractivity (Wildman–Crippen MR) is 122 cm³/mol. The Morgan fingerprint density at radius 1 is 0.759 bits per heavy atom. The molecule has 29 heavy (non-hydrogen) atoms. The van der Waals surface area contributed by atoms with Gasteiger partial charge >= 0.3 is 0 Å². The average molecular weight is 378 g/mol. The maximum Gasteiger partial charge on any atom is 0.212 e. The van der Waals surface area contributed by atoms with Crippen LogP contribution in [0.25, 0.3) is 44.2 Å². The van der Waals surface area contributed by atoms with Crippen LogP contribution < -0.4 is 4.57 Å². The zero-order valence-corrected chi connectivity index (χ0v) is 17.4. The first-order valence-electron chi connectivity index (χ1n) is 10.1. The van der Waals surface area contributed by atoms with Crippen molar-refractivity contribution in [1.82, 2.24) is 4.57 Å². The van der Waals surface area contributed by atoms with E-state index in [4.69, 9.17) is 0 Å². The summed E-state index contributed by atoms with van der Waals surface area (Å²) in [5.74, 6) is 0. The second-order valence-corrected chi connectivity index (χ2v) is 7.89. The van der Waals surface area contributed by atoms with E-state index in [2.05, 4.69) is 116 Å². The van der Waals surface area contributed by atoms with Crippen LogP contribution in [-0.4, -0.2) is 4.57 Å². The molecule has 0 aliphatic heterocycles. The first-order valence-corrected chi connectivity index (χ1v) is 10.1. The second kappa shape index (κ2) is 6.59. The van der Waals surface area contributed by atoms with E-state index in [-0.39, 0.29) is 0 Å². The lowest BCUT2D eigenvalue weighted by Gasteiger charge is -2.16. The van der Waals surface area contributed by atoms with Crippen LogP contribution in [-0.2, 0) is 14.1 Å². The minimum absolute atomic E-state index is 1.23. The summed E-state index contributed by atoms with van der Waals surface area (Å²) in [7, 11) is 4.31. The Balaban J connectivity index is 1.95. The van der Waals surface area contributed by atoms with E-state index in [1.54, 1.807) is 0 Å². The van der Waals surface area contributed by atoms with Crippen molar-refractivity contribution < 1.29 is 4.57 Å². The van der Waals surface area contributed by atoms with Crippen molar-refractivity contribution in [2.75, 3.05) is 0 Å². The van der Waals surface area contributed by atoms with Gasteiger partial charge in [0.1, 0.15) is 7.05 Å². The van der Waals surface area contributed by atoms with E-state index < -0.39 is 0 Å². The molecule has 0 N–H and O–H groups in total. The van der Waals surface area contributed by atoms with Crippen molar-refractivity contribution in [2.45, 2.75) is 13.8 Å². The van der Waals surface area contributed by atoms with Gasteiger partial charge < -0.3 is 4.57 Å². The van der Waals surface area contributed by atoms with Gasteiger partial charge in [-0.15, -0.1) is 0 Å². The first-order chi connectivity index (χ1) is 14.1. The lowest BCUT2D eigenvalue weighted by molar-refractivity contribution is -0.660. The molecule has 142 valence electrons. The summed E-state index contributed by atoms with van der Waals surface area (Å²) in [4.78, 5) is 0. The molecule has 0 aliphatic rings. The van der Waals surface area contributed by atoms with Gasteiger partial charge in [-0.05, 0) is 53.9 Å². The van der Waals surface area contributed by atoms with E-state index >= 15 is 0 Å². The van der Waals surface area contributed by atoms with E-state index in [0.717, 1.165) is 0 Å². The standard InChI is InChI=1S/C27H25N2/c1-18-23(24-14-9-10-16-28(24)3)17-20-11-5-6-13-22(20)26(18)27-19(2)21-12-7-8-15-25(21)29(27)4/h5-17H,1-4H3/q+1. The molecule has 3 aromatic carbocycles. The third-order valence-electron chi connectivity index (χ3n) is 6.24. The summed E-state index contributed by atoms with van der Waals surface area (Å²) >= 11 is 0. The maximum absolute atomic E-state index is 2.36. The molecule has 0 spiro atoms. The first kappa shape index (κ1) is 17.7. The monoisotopic (exact) mass is 377 g/mol. The minimum atomic E-state index is 1.23. The predicted octanol–water partition coefficient (Wildman–Crippen LogP) is 6.11. The highest BCUT2D eigenvalue weighted by atomic mass is 15.0. The van der Waals surface area contributed by atoms with Gasteiger partial charge in [-0.3, -0.25) is 0 Å². The molecular formula is C27H25N2+. The molecule has 5 rings (SSSR count). The highest BCUT2D eigenvalue weighted by molar-refractivity contribution is 6.05. The van der Waals surface area contributed by atoms with Gasteiger partial charge in [-0.1, -0.05) is 42.5 Å². The number of para-hydroxylation sites is 1. The lowest BCUT2D eigenvalue weighted by atomic mass is 9.90. The molecule has 0 aliphatic carbocycles. The summed E-state index contributed by atoms with van der Waals surface area (Å²) in [6.07, 6.45) is 2.12. The van der Waals surface area contributed by atoms with Crippen LogP contribution in [0, 0.1) is 13.8 Å². The Morgan fingerprint density at radius 3 is 2.21 bits per heavy atom. The van der Waals surface area contributed by atoms with Gasteiger partial charge in [0.15, 0.2) is 6.20 Å². The highest BCUT2D eigenvalue weighted by Gasteiger charge is 2.22. The zero-order valence-electron chi connectivity index (χ0n) is 17.4. The van der Waals surface area contributed by atoms with E-state index in [9.17, 15) is 0 Å². The number of fused-ring (bicyclic) bond motifs is 2. The van der Waals surface area contributed by atoms with E-state index in [0.29, 0.717) is 0 Å². The van der Waals surface area contributed by atoms with Crippen molar-refractivity contribution in [1.29, 1.82) is 0 Å². The molecule has 2 aromatic heterocycles. The number of nitrogens with zero attached hydrogens (tertiary/aromatic N) is 2.